The second kappa shape index (κ2) is 4.40. The Labute approximate surface area is 112 Å². The summed E-state index contributed by atoms with van der Waals surface area (Å²) in [5.74, 6) is -0.0273. The molecule has 1 aromatic carbocycles. The molecule has 94 valence electrons. The number of nitriles is 1. The predicted molar refractivity (Wildman–Crippen MR) is 76.9 cm³/mol. The van der Waals surface area contributed by atoms with Crippen LogP contribution in [0.1, 0.15) is 24.8 Å². The van der Waals surface area contributed by atoms with Gasteiger partial charge in [-0.05, 0) is 24.1 Å². The maximum atomic E-state index is 9.19. The van der Waals surface area contributed by atoms with Gasteiger partial charge in [0.25, 0.3) is 0 Å². The van der Waals surface area contributed by atoms with Crippen LogP contribution in [-0.4, -0.2) is 9.55 Å². The molecule has 0 fully saturated rings. The predicted octanol–water partition coefficient (Wildman–Crippen LogP) is 3.74. The van der Waals surface area contributed by atoms with E-state index in [-0.39, 0.29) is 5.92 Å². The minimum Gasteiger partial charge on any atom is -0.344 e. The Morgan fingerprint density at radius 1 is 1.26 bits per heavy atom. The van der Waals surface area contributed by atoms with Crippen molar-refractivity contribution in [3.8, 4) is 6.07 Å². The van der Waals surface area contributed by atoms with Gasteiger partial charge in [-0.2, -0.15) is 5.26 Å². The molecule has 0 aliphatic rings. The van der Waals surface area contributed by atoms with E-state index >= 15 is 0 Å². The quantitative estimate of drug-likeness (QED) is 0.694. The first-order chi connectivity index (χ1) is 9.26. The monoisotopic (exact) mass is 249 g/mol. The van der Waals surface area contributed by atoms with E-state index in [0.717, 1.165) is 22.9 Å². The summed E-state index contributed by atoms with van der Waals surface area (Å²) in [4.78, 5) is 4.20. The van der Waals surface area contributed by atoms with Crippen molar-refractivity contribution in [2.75, 3.05) is 0 Å². The van der Waals surface area contributed by atoms with Crippen LogP contribution in [0.2, 0.25) is 0 Å². The highest BCUT2D eigenvalue weighted by Crippen LogP contribution is 2.30. The Balaban J connectivity index is 2.32. The molecule has 0 aliphatic carbocycles. The molecule has 1 atom stereocenters. The zero-order chi connectivity index (χ0) is 13.4. The highest BCUT2D eigenvalue weighted by molar-refractivity contribution is 6.07. The molecule has 0 saturated carbocycles. The van der Waals surface area contributed by atoms with Crippen LogP contribution in [0, 0.1) is 11.3 Å². The molecule has 3 aromatic rings. The molecule has 2 aromatic heterocycles. The first kappa shape index (κ1) is 11.7. The standard InChI is InChI=1S/C16H15N3/c1-3-11(9-17)12-4-5-13-14-10-18-7-6-15(14)19(2)16(13)8-12/h4-8,10-11H,3H2,1-2H3. The Bertz CT molecular complexity index is 793. The average Bonchev–Trinajstić information content (AvgIpc) is 2.74. The summed E-state index contributed by atoms with van der Waals surface area (Å²) >= 11 is 0. The molecule has 3 heteroatoms. The van der Waals surface area contributed by atoms with Gasteiger partial charge >= 0.3 is 0 Å². The summed E-state index contributed by atoms with van der Waals surface area (Å²) < 4.78 is 2.17. The van der Waals surface area contributed by atoms with Crippen LogP contribution in [0.3, 0.4) is 0 Å². The van der Waals surface area contributed by atoms with Crippen LogP contribution in [0.15, 0.2) is 36.7 Å². The van der Waals surface area contributed by atoms with E-state index < -0.39 is 0 Å². The topological polar surface area (TPSA) is 41.6 Å². The van der Waals surface area contributed by atoms with Crippen LogP contribution in [0.4, 0.5) is 0 Å². The Morgan fingerprint density at radius 3 is 2.84 bits per heavy atom. The number of benzene rings is 1. The maximum Gasteiger partial charge on any atom is 0.0710 e. The van der Waals surface area contributed by atoms with E-state index in [4.69, 9.17) is 0 Å². The van der Waals surface area contributed by atoms with Gasteiger partial charge in [0.1, 0.15) is 0 Å². The lowest BCUT2D eigenvalue weighted by Crippen LogP contribution is -1.94. The maximum absolute atomic E-state index is 9.19. The van der Waals surface area contributed by atoms with Gasteiger partial charge in [-0.25, -0.2) is 0 Å². The molecular formula is C16H15N3. The second-order valence-electron chi connectivity index (χ2n) is 4.82. The van der Waals surface area contributed by atoms with E-state index in [2.05, 4.69) is 40.9 Å². The lowest BCUT2D eigenvalue weighted by Gasteiger charge is -2.07. The van der Waals surface area contributed by atoms with Crippen LogP contribution in [-0.2, 0) is 7.05 Å². The summed E-state index contributed by atoms with van der Waals surface area (Å²) in [5.41, 5.74) is 3.43. The van der Waals surface area contributed by atoms with Gasteiger partial charge in [0, 0.05) is 35.7 Å². The van der Waals surface area contributed by atoms with E-state index in [0.29, 0.717) is 0 Å². The third kappa shape index (κ3) is 1.68. The Kier molecular flexibility index (Phi) is 2.72. The van der Waals surface area contributed by atoms with E-state index in [1.54, 1.807) is 0 Å². The zero-order valence-corrected chi connectivity index (χ0v) is 11.1. The fraction of sp³-hybridized carbons (Fsp3) is 0.250. The molecule has 0 spiro atoms. The summed E-state index contributed by atoms with van der Waals surface area (Å²) in [6.45, 7) is 2.05. The third-order valence-electron chi connectivity index (χ3n) is 3.80. The molecule has 0 aliphatic heterocycles. The van der Waals surface area contributed by atoms with Gasteiger partial charge in [0.2, 0.25) is 0 Å². The van der Waals surface area contributed by atoms with Crippen molar-refractivity contribution < 1.29 is 0 Å². The average molecular weight is 249 g/mol. The van der Waals surface area contributed by atoms with Crippen LogP contribution >= 0.6 is 0 Å². The SMILES string of the molecule is CCC(C#N)c1ccc2c3cnccc3n(C)c2c1. The van der Waals surface area contributed by atoms with Crippen molar-refractivity contribution >= 4 is 21.8 Å². The van der Waals surface area contributed by atoms with Gasteiger partial charge in [0.15, 0.2) is 0 Å². The number of pyridine rings is 1. The third-order valence-corrected chi connectivity index (χ3v) is 3.80. The highest BCUT2D eigenvalue weighted by atomic mass is 14.9. The number of nitrogens with zero attached hydrogens (tertiary/aromatic N) is 3. The molecule has 19 heavy (non-hydrogen) atoms. The summed E-state index contributed by atoms with van der Waals surface area (Å²) in [6.07, 6.45) is 4.55. The number of fused-ring (bicyclic) bond motifs is 3. The molecule has 3 nitrogen and oxygen atoms in total. The molecule has 0 N–H and O–H groups in total. The molecular weight excluding hydrogens is 234 g/mol. The zero-order valence-electron chi connectivity index (χ0n) is 11.1. The van der Waals surface area contributed by atoms with Crippen LogP contribution < -0.4 is 0 Å². The molecule has 0 saturated heterocycles. The molecule has 1 unspecified atom stereocenters. The first-order valence-electron chi connectivity index (χ1n) is 6.48. The number of hydrogen-bond donors (Lipinski definition) is 0. The molecule has 0 radical (unpaired) electrons. The molecule has 3 rings (SSSR count). The van der Waals surface area contributed by atoms with E-state index in [1.807, 2.05) is 25.4 Å². The number of hydrogen-bond acceptors (Lipinski definition) is 2. The fourth-order valence-electron chi connectivity index (χ4n) is 2.69. The van der Waals surface area contributed by atoms with Crippen molar-refractivity contribution in [3.05, 3.63) is 42.2 Å². The van der Waals surface area contributed by atoms with Crippen LogP contribution in [0.25, 0.3) is 21.8 Å². The van der Waals surface area contributed by atoms with Crippen molar-refractivity contribution in [1.82, 2.24) is 9.55 Å². The van der Waals surface area contributed by atoms with Crippen molar-refractivity contribution in [2.45, 2.75) is 19.3 Å². The Hall–Kier alpha value is -2.34. The van der Waals surface area contributed by atoms with Crippen molar-refractivity contribution in [1.29, 1.82) is 5.26 Å². The first-order valence-corrected chi connectivity index (χ1v) is 6.48. The number of rotatable bonds is 2. The van der Waals surface area contributed by atoms with Gasteiger partial charge in [-0.1, -0.05) is 19.1 Å². The highest BCUT2D eigenvalue weighted by Gasteiger charge is 2.12. The van der Waals surface area contributed by atoms with Gasteiger partial charge in [0.05, 0.1) is 17.5 Å². The largest absolute Gasteiger partial charge is 0.344 e. The van der Waals surface area contributed by atoms with Crippen molar-refractivity contribution in [3.63, 3.8) is 0 Å². The van der Waals surface area contributed by atoms with Gasteiger partial charge < -0.3 is 4.57 Å². The normalized spacial score (nSPS) is 12.7. The van der Waals surface area contributed by atoms with Gasteiger partial charge in [-0.15, -0.1) is 0 Å². The lowest BCUT2D eigenvalue weighted by molar-refractivity contribution is 0.818. The van der Waals surface area contributed by atoms with E-state index in [1.165, 1.54) is 10.9 Å². The lowest BCUT2D eigenvalue weighted by atomic mass is 9.97. The van der Waals surface area contributed by atoms with Crippen LogP contribution in [0.5, 0.6) is 0 Å². The van der Waals surface area contributed by atoms with Gasteiger partial charge in [-0.3, -0.25) is 4.98 Å². The molecule has 2 heterocycles. The number of aromatic nitrogens is 2. The minimum absolute atomic E-state index is 0.0273. The second-order valence-corrected chi connectivity index (χ2v) is 4.82. The van der Waals surface area contributed by atoms with Crippen molar-refractivity contribution in [2.24, 2.45) is 7.05 Å². The molecule has 0 bridgehead atoms. The Morgan fingerprint density at radius 2 is 2.11 bits per heavy atom. The fourth-order valence-corrected chi connectivity index (χ4v) is 2.69. The number of aryl methyl sites for hydroxylation is 1. The summed E-state index contributed by atoms with van der Waals surface area (Å²) in [7, 11) is 2.06. The van der Waals surface area contributed by atoms with E-state index in [9.17, 15) is 5.26 Å². The minimum atomic E-state index is -0.0273. The smallest absolute Gasteiger partial charge is 0.0710 e. The summed E-state index contributed by atoms with van der Waals surface area (Å²) in [6, 6.07) is 10.7. The molecule has 0 amide bonds. The summed E-state index contributed by atoms with van der Waals surface area (Å²) in [5, 5.41) is 11.6.